The minimum Gasteiger partial charge on any atom is -0.486 e. The molecule has 3 aromatic rings. The van der Waals surface area contributed by atoms with E-state index in [1.54, 1.807) is 10.7 Å². The van der Waals surface area contributed by atoms with Crippen LogP contribution in [0.25, 0.3) is 11.3 Å². The van der Waals surface area contributed by atoms with E-state index >= 15 is 0 Å². The number of nitrogens with one attached hydrogen (secondary N) is 1. The predicted octanol–water partition coefficient (Wildman–Crippen LogP) is 2.39. The molecule has 1 atom stereocenters. The second-order valence-electron chi connectivity index (χ2n) is 7.27. The van der Waals surface area contributed by atoms with Crippen LogP contribution < -0.4 is 19.7 Å². The number of hydrogen-bond donors (Lipinski definition) is 1. The van der Waals surface area contributed by atoms with Gasteiger partial charge in [0.05, 0.1) is 43.3 Å². The van der Waals surface area contributed by atoms with E-state index in [0.29, 0.717) is 55.0 Å². The molecule has 0 radical (unpaired) electrons. The minimum absolute atomic E-state index is 0.0363. The molecular formula is C20H21FN6O2. The highest BCUT2D eigenvalue weighted by molar-refractivity contribution is 5.75. The lowest BCUT2D eigenvalue weighted by molar-refractivity contribution is 0.262. The number of halogens is 1. The molecule has 5 rings (SSSR count). The monoisotopic (exact) mass is 396 g/mol. The molecule has 0 spiro atoms. The second-order valence-corrected chi connectivity index (χ2v) is 7.27. The van der Waals surface area contributed by atoms with Crippen LogP contribution in [0, 0.1) is 5.82 Å². The topological polar surface area (TPSA) is 76.8 Å². The van der Waals surface area contributed by atoms with Crippen molar-refractivity contribution in [2.45, 2.75) is 25.9 Å². The maximum absolute atomic E-state index is 13.9. The molecule has 5 heterocycles. The van der Waals surface area contributed by atoms with Crippen LogP contribution >= 0.6 is 0 Å². The van der Waals surface area contributed by atoms with Crippen LogP contribution in [0.5, 0.6) is 11.6 Å². The summed E-state index contributed by atoms with van der Waals surface area (Å²) in [5.41, 5.74) is 2.95. The summed E-state index contributed by atoms with van der Waals surface area (Å²) in [6.07, 6.45) is 5.49. The van der Waals surface area contributed by atoms with Crippen molar-refractivity contribution in [2.24, 2.45) is 0 Å². The molecule has 0 saturated carbocycles. The van der Waals surface area contributed by atoms with Crippen LogP contribution in [0.4, 0.5) is 10.2 Å². The Morgan fingerprint density at radius 3 is 3.10 bits per heavy atom. The average Bonchev–Trinajstić information content (AvgIpc) is 3.12. The largest absolute Gasteiger partial charge is 0.486 e. The van der Waals surface area contributed by atoms with Crippen LogP contribution in [0.2, 0.25) is 0 Å². The minimum atomic E-state index is -0.394. The number of rotatable bonds is 0. The van der Waals surface area contributed by atoms with E-state index in [1.807, 2.05) is 13.1 Å². The van der Waals surface area contributed by atoms with Gasteiger partial charge in [-0.1, -0.05) is 6.58 Å². The van der Waals surface area contributed by atoms with Crippen LogP contribution in [-0.2, 0) is 6.54 Å². The molecule has 8 nitrogen and oxygen atoms in total. The molecule has 0 aromatic carbocycles. The number of aromatic nitrogens is 4. The van der Waals surface area contributed by atoms with Crippen molar-refractivity contribution in [1.29, 1.82) is 0 Å². The highest BCUT2D eigenvalue weighted by Gasteiger charge is 2.29. The molecule has 2 aliphatic heterocycles. The van der Waals surface area contributed by atoms with Gasteiger partial charge in [0.1, 0.15) is 12.4 Å². The lowest BCUT2D eigenvalue weighted by Gasteiger charge is -2.35. The fraction of sp³-hybridized carbons (Fsp3) is 0.350. The van der Waals surface area contributed by atoms with Gasteiger partial charge in [0.25, 0.3) is 0 Å². The number of pyridine rings is 1. The smallest absolute Gasteiger partial charge is 0.218 e. The second kappa shape index (κ2) is 6.91. The van der Waals surface area contributed by atoms with Crippen molar-refractivity contribution in [3.05, 3.63) is 48.2 Å². The number of ether oxygens (including phenoxy) is 2. The molecule has 0 unspecified atom stereocenters. The molecule has 2 aliphatic rings. The molecule has 2 bridgehead atoms. The Morgan fingerprint density at radius 2 is 2.21 bits per heavy atom. The first-order valence-electron chi connectivity index (χ1n) is 9.58. The SMILES string of the molecule is C=C1NCCCOc2ncc(F)cc2CN2c3nc4c1cnn4cc3OC[C@H]2C. The zero-order valence-corrected chi connectivity index (χ0v) is 16.1. The molecule has 9 heteroatoms. The van der Waals surface area contributed by atoms with Gasteiger partial charge in [0.15, 0.2) is 17.2 Å². The zero-order valence-electron chi connectivity index (χ0n) is 16.1. The standard InChI is InChI=1S/C20H21FN6O2/c1-12-11-29-17-10-27-18-16(8-24-27)13(2)22-4-3-5-28-20-14(6-15(21)7-23-20)9-26(12)19(17)25-18/h6-8,10,12,22H,2-5,9,11H2,1H3/t12-/m1/s1. The first-order chi connectivity index (χ1) is 14.1. The lowest BCUT2D eigenvalue weighted by atomic mass is 10.1. The lowest BCUT2D eigenvalue weighted by Crippen LogP contribution is -2.41. The molecule has 0 saturated heterocycles. The highest BCUT2D eigenvalue weighted by Crippen LogP contribution is 2.35. The van der Waals surface area contributed by atoms with Gasteiger partial charge in [0, 0.05) is 17.8 Å². The van der Waals surface area contributed by atoms with Crippen molar-refractivity contribution in [3.8, 4) is 11.6 Å². The van der Waals surface area contributed by atoms with Gasteiger partial charge in [-0.3, -0.25) is 0 Å². The fourth-order valence-corrected chi connectivity index (χ4v) is 3.62. The summed E-state index contributed by atoms with van der Waals surface area (Å²) in [5.74, 6) is 1.35. The quantitative estimate of drug-likeness (QED) is 0.625. The van der Waals surface area contributed by atoms with Crippen LogP contribution in [0.3, 0.4) is 0 Å². The van der Waals surface area contributed by atoms with Gasteiger partial charge in [-0.05, 0) is 19.4 Å². The third-order valence-electron chi connectivity index (χ3n) is 5.18. The molecule has 3 aromatic heterocycles. The summed E-state index contributed by atoms with van der Waals surface area (Å²) in [5, 5.41) is 7.69. The predicted molar refractivity (Wildman–Crippen MR) is 105 cm³/mol. The highest BCUT2D eigenvalue weighted by atomic mass is 19.1. The van der Waals surface area contributed by atoms with Gasteiger partial charge in [-0.15, -0.1) is 0 Å². The summed E-state index contributed by atoms with van der Waals surface area (Å²) in [4.78, 5) is 11.1. The van der Waals surface area contributed by atoms with Crippen molar-refractivity contribution in [1.82, 2.24) is 24.9 Å². The van der Waals surface area contributed by atoms with Crippen molar-refractivity contribution in [2.75, 3.05) is 24.7 Å². The van der Waals surface area contributed by atoms with E-state index in [9.17, 15) is 4.39 Å². The molecule has 0 aliphatic carbocycles. The zero-order chi connectivity index (χ0) is 20.0. The maximum atomic E-state index is 13.9. The van der Waals surface area contributed by atoms with Crippen LogP contribution in [0.15, 0.2) is 31.2 Å². The Labute approximate surface area is 167 Å². The van der Waals surface area contributed by atoms with Gasteiger partial charge < -0.3 is 19.7 Å². The Morgan fingerprint density at radius 1 is 1.31 bits per heavy atom. The van der Waals surface area contributed by atoms with Crippen molar-refractivity contribution < 1.29 is 13.9 Å². The maximum Gasteiger partial charge on any atom is 0.218 e. The van der Waals surface area contributed by atoms with Gasteiger partial charge >= 0.3 is 0 Å². The van der Waals surface area contributed by atoms with Gasteiger partial charge in [0.2, 0.25) is 5.88 Å². The van der Waals surface area contributed by atoms with Crippen molar-refractivity contribution >= 4 is 17.2 Å². The van der Waals surface area contributed by atoms with E-state index in [4.69, 9.17) is 14.5 Å². The Balaban J connectivity index is 1.67. The summed E-state index contributed by atoms with van der Waals surface area (Å²) >= 11 is 0. The number of fused-ring (bicyclic) bond motifs is 1. The molecule has 1 N–H and O–H groups in total. The van der Waals surface area contributed by atoms with E-state index in [2.05, 4.69) is 26.9 Å². The molecular weight excluding hydrogens is 375 g/mol. The first-order valence-corrected chi connectivity index (χ1v) is 9.58. The first kappa shape index (κ1) is 17.7. The number of hydrogen-bond acceptors (Lipinski definition) is 7. The fourth-order valence-electron chi connectivity index (χ4n) is 3.62. The molecule has 150 valence electrons. The third kappa shape index (κ3) is 3.12. The van der Waals surface area contributed by atoms with E-state index in [1.165, 1.54) is 12.3 Å². The molecule has 0 fully saturated rings. The Kier molecular flexibility index (Phi) is 4.22. The van der Waals surface area contributed by atoms with Gasteiger partial charge in [-0.2, -0.15) is 5.10 Å². The van der Waals surface area contributed by atoms with Crippen LogP contribution in [0.1, 0.15) is 24.5 Å². The summed E-state index contributed by atoms with van der Waals surface area (Å²) in [6.45, 7) is 8.20. The van der Waals surface area contributed by atoms with E-state index in [0.717, 1.165) is 17.7 Å². The van der Waals surface area contributed by atoms with E-state index in [-0.39, 0.29) is 6.04 Å². The summed E-state index contributed by atoms with van der Waals surface area (Å²) in [7, 11) is 0. The Hall–Kier alpha value is -3.36. The van der Waals surface area contributed by atoms with Crippen LogP contribution in [-0.4, -0.2) is 45.4 Å². The third-order valence-corrected chi connectivity index (χ3v) is 5.18. The number of anilines is 1. The summed E-state index contributed by atoms with van der Waals surface area (Å²) in [6, 6.07) is 1.51. The Bertz CT molecular complexity index is 1100. The summed E-state index contributed by atoms with van der Waals surface area (Å²) < 4.78 is 27.4. The molecule has 29 heavy (non-hydrogen) atoms. The van der Waals surface area contributed by atoms with Gasteiger partial charge in [-0.25, -0.2) is 18.9 Å². The average molecular weight is 396 g/mol. The van der Waals surface area contributed by atoms with E-state index < -0.39 is 5.82 Å². The van der Waals surface area contributed by atoms with Crippen molar-refractivity contribution in [3.63, 3.8) is 0 Å². The molecule has 0 amide bonds. The number of nitrogens with zero attached hydrogens (tertiary/aromatic N) is 5. The normalized spacial score (nSPS) is 19.2.